The Bertz CT molecular complexity index is 1060. The van der Waals surface area contributed by atoms with Gasteiger partial charge in [-0.05, 0) is 17.7 Å². The zero-order valence-corrected chi connectivity index (χ0v) is 14.0. The van der Waals surface area contributed by atoms with Crippen LogP contribution in [-0.2, 0) is 15.6 Å². The molecule has 0 amide bonds. The third-order valence-corrected chi connectivity index (χ3v) is 6.47. The van der Waals surface area contributed by atoms with Crippen LogP contribution in [0.2, 0.25) is 0 Å². The van der Waals surface area contributed by atoms with E-state index in [1.165, 1.54) is 4.52 Å². The first-order valence-corrected chi connectivity index (χ1v) is 9.63. The van der Waals surface area contributed by atoms with Gasteiger partial charge >= 0.3 is 0 Å². The fourth-order valence-corrected chi connectivity index (χ4v) is 4.79. The SMILES string of the molecule is O=S(=O)(Cc1ccccc1)c1nn2cc(-c3ccccn3)nc2s1. The molecular weight excluding hydrogens is 344 g/mol. The van der Waals surface area contributed by atoms with E-state index >= 15 is 0 Å². The number of hydrogen-bond donors (Lipinski definition) is 0. The van der Waals surface area contributed by atoms with Gasteiger partial charge in [-0.2, -0.15) is 0 Å². The summed E-state index contributed by atoms with van der Waals surface area (Å²) < 4.78 is 26.6. The van der Waals surface area contributed by atoms with Crippen molar-refractivity contribution in [3.05, 3.63) is 66.5 Å². The van der Waals surface area contributed by atoms with Gasteiger partial charge in [0.1, 0.15) is 5.69 Å². The molecule has 0 aliphatic rings. The number of benzene rings is 1. The highest BCUT2D eigenvalue weighted by Gasteiger charge is 2.22. The maximum atomic E-state index is 12.5. The van der Waals surface area contributed by atoms with E-state index in [2.05, 4.69) is 15.1 Å². The molecular formula is C16H12N4O2S2. The zero-order valence-electron chi connectivity index (χ0n) is 12.4. The van der Waals surface area contributed by atoms with Crippen LogP contribution in [-0.4, -0.2) is 28.0 Å². The van der Waals surface area contributed by atoms with Gasteiger partial charge in [0.05, 0.1) is 17.6 Å². The topological polar surface area (TPSA) is 77.2 Å². The Morgan fingerprint density at radius 1 is 1.00 bits per heavy atom. The van der Waals surface area contributed by atoms with Crippen molar-refractivity contribution < 1.29 is 8.42 Å². The van der Waals surface area contributed by atoms with Gasteiger partial charge in [0.2, 0.25) is 19.1 Å². The molecule has 0 spiro atoms. The molecule has 3 heterocycles. The minimum atomic E-state index is -3.49. The van der Waals surface area contributed by atoms with Gasteiger partial charge in [0.25, 0.3) is 0 Å². The van der Waals surface area contributed by atoms with E-state index < -0.39 is 9.84 Å². The van der Waals surface area contributed by atoms with Crippen molar-refractivity contribution in [2.75, 3.05) is 0 Å². The van der Waals surface area contributed by atoms with E-state index in [1.807, 2.05) is 36.4 Å². The van der Waals surface area contributed by atoms with Crippen molar-refractivity contribution in [2.24, 2.45) is 0 Å². The fourth-order valence-electron chi connectivity index (χ4n) is 2.30. The first-order chi connectivity index (χ1) is 11.6. The molecule has 0 saturated carbocycles. The predicted molar refractivity (Wildman–Crippen MR) is 91.4 cm³/mol. The number of fused-ring (bicyclic) bond motifs is 1. The third-order valence-electron chi connectivity index (χ3n) is 3.42. The number of imidazole rings is 1. The second-order valence-corrected chi connectivity index (χ2v) is 8.30. The highest BCUT2D eigenvalue weighted by atomic mass is 32.2. The van der Waals surface area contributed by atoms with Gasteiger partial charge in [0, 0.05) is 6.20 Å². The van der Waals surface area contributed by atoms with Crippen molar-refractivity contribution in [3.63, 3.8) is 0 Å². The largest absolute Gasteiger partial charge is 0.255 e. The molecule has 0 N–H and O–H groups in total. The van der Waals surface area contributed by atoms with Gasteiger partial charge in [-0.1, -0.05) is 47.7 Å². The summed E-state index contributed by atoms with van der Waals surface area (Å²) in [4.78, 5) is 9.18. The van der Waals surface area contributed by atoms with Crippen molar-refractivity contribution >= 4 is 26.1 Å². The maximum Gasteiger partial charge on any atom is 0.232 e. The lowest BCUT2D eigenvalue weighted by molar-refractivity contribution is 0.592. The molecule has 3 aromatic heterocycles. The number of hydrogen-bond acceptors (Lipinski definition) is 6. The number of aromatic nitrogens is 4. The first-order valence-electron chi connectivity index (χ1n) is 7.16. The third kappa shape index (κ3) is 2.81. The average Bonchev–Trinajstić information content (AvgIpc) is 3.15. The Labute approximate surface area is 142 Å². The van der Waals surface area contributed by atoms with Crippen molar-refractivity contribution in [2.45, 2.75) is 10.1 Å². The second kappa shape index (κ2) is 5.81. The molecule has 8 heteroatoms. The summed E-state index contributed by atoms with van der Waals surface area (Å²) in [6, 6.07) is 14.6. The van der Waals surface area contributed by atoms with Crippen molar-refractivity contribution in [1.82, 2.24) is 19.6 Å². The summed E-state index contributed by atoms with van der Waals surface area (Å²) in [5.41, 5.74) is 2.13. The molecule has 0 saturated heterocycles. The fraction of sp³-hybridized carbons (Fsp3) is 0.0625. The number of rotatable bonds is 4. The molecule has 0 aliphatic heterocycles. The van der Waals surface area contributed by atoms with Crippen LogP contribution in [0.3, 0.4) is 0 Å². The summed E-state index contributed by atoms with van der Waals surface area (Å²) in [5.74, 6) is -0.0718. The molecule has 0 fully saturated rings. The van der Waals surface area contributed by atoms with Crippen LogP contribution in [0, 0.1) is 0 Å². The molecule has 0 bridgehead atoms. The summed E-state index contributed by atoms with van der Waals surface area (Å²) in [6.07, 6.45) is 3.38. The Balaban J connectivity index is 1.67. The normalized spacial score (nSPS) is 11.8. The van der Waals surface area contributed by atoms with Crippen LogP contribution in [0.4, 0.5) is 0 Å². The summed E-state index contributed by atoms with van der Waals surface area (Å²) in [5, 5.41) is 4.18. The monoisotopic (exact) mass is 356 g/mol. The molecule has 0 radical (unpaired) electrons. The van der Waals surface area contributed by atoms with Crippen LogP contribution in [0.25, 0.3) is 16.3 Å². The highest BCUT2D eigenvalue weighted by molar-refractivity contribution is 7.92. The van der Waals surface area contributed by atoms with E-state index in [9.17, 15) is 8.42 Å². The van der Waals surface area contributed by atoms with Crippen molar-refractivity contribution in [3.8, 4) is 11.4 Å². The molecule has 24 heavy (non-hydrogen) atoms. The van der Waals surface area contributed by atoms with E-state index in [4.69, 9.17) is 0 Å². The van der Waals surface area contributed by atoms with Gasteiger partial charge in [0.15, 0.2) is 0 Å². The average molecular weight is 356 g/mol. The minimum absolute atomic E-state index is 0.0708. The maximum absolute atomic E-state index is 12.5. The smallest absolute Gasteiger partial charge is 0.232 e. The Morgan fingerprint density at radius 3 is 2.50 bits per heavy atom. The number of sulfone groups is 1. The number of pyridine rings is 1. The molecule has 0 aliphatic carbocycles. The molecule has 6 nitrogen and oxygen atoms in total. The molecule has 4 rings (SSSR count). The first kappa shape index (κ1) is 15.0. The summed E-state index contributed by atoms with van der Waals surface area (Å²) >= 11 is 1.06. The lowest BCUT2D eigenvalue weighted by atomic mass is 10.2. The Hall–Kier alpha value is -2.58. The minimum Gasteiger partial charge on any atom is -0.255 e. The zero-order chi connectivity index (χ0) is 16.6. The Kier molecular flexibility index (Phi) is 3.62. The van der Waals surface area contributed by atoms with E-state index in [1.54, 1.807) is 24.5 Å². The van der Waals surface area contributed by atoms with Gasteiger partial charge in [-0.15, -0.1) is 5.10 Å². The standard InChI is InChI=1S/C16H12N4O2S2/c21-24(22,11-12-6-2-1-3-7-12)16-19-20-10-14(18-15(20)23-16)13-8-4-5-9-17-13/h1-10H,11H2. The molecule has 4 aromatic rings. The lowest BCUT2D eigenvalue weighted by Gasteiger charge is -2.00. The summed E-state index contributed by atoms with van der Waals surface area (Å²) in [6.45, 7) is 0. The Morgan fingerprint density at radius 2 is 1.79 bits per heavy atom. The molecule has 120 valence electrons. The summed E-state index contributed by atoms with van der Waals surface area (Å²) in [7, 11) is -3.49. The van der Waals surface area contributed by atoms with Crippen LogP contribution in [0.1, 0.15) is 5.56 Å². The van der Waals surface area contributed by atoms with Gasteiger partial charge < -0.3 is 0 Å². The van der Waals surface area contributed by atoms with Gasteiger partial charge in [-0.3, -0.25) is 4.98 Å². The van der Waals surface area contributed by atoms with Crippen LogP contribution in [0.15, 0.2) is 65.3 Å². The van der Waals surface area contributed by atoms with E-state index in [0.29, 0.717) is 10.7 Å². The number of nitrogens with zero attached hydrogens (tertiary/aromatic N) is 4. The second-order valence-electron chi connectivity index (χ2n) is 5.18. The highest BCUT2D eigenvalue weighted by Crippen LogP contribution is 2.25. The van der Waals surface area contributed by atoms with Crippen molar-refractivity contribution in [1.29, 1.82) is 0 Å². The quantitative estimate of drug-likeness (QED) is 0.562. The van der Waals surface area contributed by atoms with E-state index in [0.717, 1.165) is 22.6 Å². The molecule has 0 atom stereocenters. The van der Waals surface area contributed by atoms with Crippen LogP contribution in [0.5, 0.6) is 0 Å². The van der Waals surface area contributed by atoms with Crippen LogP contribution < -0.4 is 0 Å². The van der Waals surface area contributed by atoms with Gasteiger partial charge in [-0.25, -0.2) is 17.9 Å². The molecule has 0 unspecified atom stereocenters. The lowest BCUT2D eigenvalue weighted by Crippen LogP contribution is -2.05. The predicted octanol–water partition coefficient (Wildman–Crippen LogP) is 2.83. The van der Waals surface area contributed by atoms with Crippen LogP contribution >= 0.6 is 11.3 Å². The molecule has 1 aromatic carbocycles. The van der Waals surface area contributed by atoms with E-state index in [-0.39, 0.29) is 10.1 Å².